The van der Waals surface area contributed by atoms with Gasteiger partial charge >= 0.3 is 24.3 Å². The lowest BCUT2D eigenvalue weighted by Gasteiger charge is -2.22. The van der Waals surface area contributed by atoms with Gasteiger partial charge in [0.25, 0.3) is 0 Å². The number of halogens is 6. The van der Waals surface area contributed by atoms with Gasteiger partial charge in [-0.25, -0.2) is 0 Å². The molecular formula is C30H20F6O6. The van der Waals surface area contributed by atoms with Gasteiger partial charge in [0.05, 0.1) is 38.0 Å². The first kappa shape index (κ1) is 28.9. The number of rotatable bonds is 3. The monoisotopic (exact) mass is 590 g/mol. The van der Waals surface area contributed by atoms with Crippen molar-refractivity contribution < 1.29 is 54.6 Å². The molecule has 1 aliphatic rings. The predicted octanol–water partition coefficient (Wildman–Crippen LogP) is 6.46. The molecular weight excluding hydrogens is 570 g/mol. The van der Waals surface area contributed by atoms with Crippen molar-refractivity contribution in [2.75, 3.05) is 21.3 Å². The fourth-order valence-corrected chi connectivity index (χ4v) is 5.27. The normalized spacial score (nSPS) is 14.3. The van der Waals surface area contributed by atoms with Crippen molar-refractivity contribution in [1.29, 1.82) is 0 Å². The number of hydrogen-bond donors (Lipinski definition) is 0. The molecule has 0 spiro atoms. The summed E-state index contributed by atoms with van der Waals surface area (Å²) < 4.78 is 102. The number of benzene rings is 3. The molecule has 0 bridgehead atoms. The van der Waals surface area contributed by atoms with Crippen molar-refractivity contribution >= 4 is 33.9 Å². The van der Waals surface area contributed by atoms with Gasteiger partial charge in [-0.05, 0) is 60.0 Å². The van der Waals surface area contributed by atoms with Crippen molar-refractivity contribution in [2.45, 2.75) is 25.2 Å². The molecule has 0 aliphatic heterocycles. The van der Waals surface area contributed by atoms with Gasteiger partial charge in [-0.2, -0.15) is 26.3 Å². The lowest BCUT2D eigenvalue weighted by Crippen LogP contribution is -2.42. The van der Waals surface area contributed by atoms with Gasteiger partial charge in [0, 0.05) is 22.8 Å². The van der Waals surface area contributed by atoms with E-state index in [4.69, 9.17) is 18.6 Å². The largest absolute Gasteiger partial charge is 0.495 e. The molecule has 5 rings (SSSR count). The van der Waals surface area contributed by atoms with Gasteiger partial charge in [-0.15, -0.1) is 0 Å². The minimum Gasteiger partial charge on any atom is -0.495 e. The first-order valence-corrected chi connectivity index (χ1v) is 12.3. The lowest BCUT2D eigenvalue weighted by molar-refractivity contribution is -0.168. The molecule has 0 unspecified atom stereocenters. The van der Waals surface area contributed by atoms with Crippen molar-refractivity contribution in [3.63, 3.8) is 0 Å². The van der Waals surface area contributed by atoms with E-state index >= 15 is 0 Å². The number of carbonyl (C=O) groups excluding carboxylic acids is 2. The number of carbonyl (C=O) groups is 2. The molecule has 0 saturated carbocycles. The molecule has 0 saturated heterocycles. The maximum absolute atomic E-state index is 13.6. The van der Waals surface area contributed by atoms with Gasteiger partial charge in [0.1, 0.15) is 16.9 Å². The third-order valence-electron chi connectivity index (χ3n) is 7.26. The Morgan fingerprint density at radius 3 is 2.02 bits per heavy atom. The summed E-state index contributed by atoms with van der Waals surface area (Å²) in [5.41, 5.74) is -2.90. The quantitative estimate of drug-likeness (QED) is 0.118. The van der Waals surface area contributed by atoms with Crippen molar-refractivity contribution in [3.8, 4) is 17.6 Å². The topological polar surface area (TPSA) is 75.0 Å². The van der Waals surface area contributed by atoms with Gasteiger partial charge in [0.2, 0.25) is 0 Å². The van der Waals surface area contributed by atoms with Gasteiger partial charge in [-0.3, -0.25) is 9.59 Å². The van der Waals surface area contributed by atoms with E-state index in [0.717, 1.165) is 50.6 Å². The van der Waals surface area contributed by atoms with Crippen LogP contribution in [0.3, 0.4) is 0 Å². The maximum atomic E-state index is 13.6. The number of fused-ring (bicyclic) bond motifs is 4. The molecule has 0 radical (unpaired) electrons. The van der Waals surface area contributed by atoms with Gasteiger partial charge in [0.15, 0.2) is 5.41 Å². The summed E-state index contributed by atoms with van der Waals surface area (Å²) in [6, 6.07) is 7.11. The van der Waals surface area contributed by atoms with E-state index in [0.29, 0.717) is 11.1 Å². The zero-order valence-corrected chi connectivity index (χ0v) is 22.2. The van der Waals surface area contributed by atoms with Crippen LogP contribution in [-0.4, -0.2) is 33.3 Å². The van der Waals surface area contributed by atoms with E-state index in [-0.39, 0.29) is 51.7 Å². The lowest BCUT2D eigenvalue weighted by atomic mass is 9.84. The van der Waals surface area contributed by atoms with E-state index in [1.54, 1.807) is 0 Å². The number of furan rings is 1. The molecule has 4 aromatic rings. The SMILES string of the molecule is COC(=O)C1(C(=O)OC)Cc2cc3oc4ccc(C(F)(F)F)cc4c3c(C#Cc3cc(C(F)(F)F)ccc3OC)c2C1. The highest BCUT2D eigenvalue weighted by atomic mass is 19.4. The Hall–Kier alpha value is -4.66. The van der Waals surface area contributed by atoms with E-state index in [9.17, 15) is 35.9 Å². The summed E-state index contributed by atoms with van der Waals surface area (Å²) in [7, 11) is 3.43. The molecule has 1 heterocycles. The number of hydrogen-bond acceptors (Lipinski definition) is 6. The third kappa shape index (κ3) is 4.68. The van der Waals surface area contributed by atoms with Crippen LogP contribution >= 0.6 is 0 Å². The summed E-state index contributed by atoms with van der Waals surface area (Å²) >= 11 is 0. The average Bonchev–Trinajstić information content (AvgIpc) is 3.52. The van der Waals surface area contributed by atoms with Crippen LogP contribution in [0.2, 0.25) is 0 Å². The maximum Gasteiger partial charge on any atom is 0.416 e. The molecule has 3 aromatic carbocycles. The summed E-state index contributed by atoms with van der Waals surface area (Å²) in [5, 5.41) is 0.176. The summed E-state index contributed by atoms with van der Waals surface area (Å²) in [6.07, 6.45) is -9.84. The smallest absolute Gasteiger partial charge is 0.416 e. The van der Waals surface area contributed by atoms with Crippen molar-refractivity contribution in [3.05, 3.63) is 75.8 Å². The van der Waals surface area contributed by atoms with Crippen LogP contribution in [0.15, 0.2) is 46.9 Å². The summed E-state index contributed by atoms with van der Waals surface area (Å²) in [6.45, 7) is 0. The fraction of sp³-hybridized carbons (Fsp3) is 0.267. The van der Waals surface area contributed by atoms with Crippen LogP contribution in [0.1, 0.15) is 33.4 Å². The standard InChI is InChI=1S/C30H20F6O6/c1-39-22-8-5-17(29(31,32)33)10-15(22)4-7-19-21-14-28(26(37)40-2,27(38)41-3)13-16(21)11-24-25(19)20-12-18(30(34,35)36)6-9-23(20)42-24/h5-6,8-12H,13-14H2,1-3H3. The highest BCUT2D eigenvalue weighted by Crippen LogP contribution is 2.46. The third-order valence-corrected chi connectivity index (χ3v) is 7.26. The highest BCUT2D eigenvalue weighted by Gasteiger charge is 2.53. The second-order valence-electron chi connectivity index (χ2n) is 9.65. The van der Waals surface area contributed by atoms with Gasteiger partial charge in [-0.1, -0.05) is 11.8 Å². The minimum absolute atomic E-state index is 0.0224. The molecule has 0 N–H and O–H groups in total. The molecule has 42 heavy (non-hydrogen) atoms. The Morgan fingerprint density at radius 2 is 1.43 bits per heavy atom. The second kappa shape index (κ2) is 10.0. The Balaban J connectivity index is 1.83. The van der Waals surface area contributed by atoms with Crippen LogP contribution < -0.4 is 4.74 Å². The Morgan fingerprint density at radius 1 is 0.810 bits per heavy atom. The molecule has 1 aromatic heterocycles. The minimum atomic E-state index is -4.68. The zero-order valence-electron chi connectivity index (χ0n) is 22.2. The summed E-state index contributed by atoms with van der Waals surface area (Å²) in [4.78, 5) is 25.8. The molecule has 0 atom stereocenters. The van der Waals surface area contributed by atoms with E-state index in [2.05, 4.69) is 11.8 Å². The molecule has 218 valence electrons. The molecule has 0 amide bonds. The molecule has 6 nitrogen and oxygen atoms in total. The predicted molar refractivity (Wildman–Crippen MR) is 137 cm³/mol. The number of ether oxygens (including phenoxy) is 3. The summed E-state index contributed by atoms with van der Waals surface area (Å²) in [5.74, 6) is 3.69. The molecule has 1 aliphatic carbocycles. The van der Waals surface area contributed by atoms with Crippen molar-refractivity contribution in [1.82, 2.24) is 0 Å². The van der Waals surface area contributed by atoms with Crippen LogP contribution in [0, 0.1) is 17.3 Å². The zero-order chi connectivity index (χ0) is 30.6. The molecule has 12 heteroatoms. The molecule has 0 fully saturated rings. The van der Waals surface area contributed by atoms with E-state index in [1.165, 1.54) is 13.2 Å². The van der Waals surface area contributed by atoms with Crippen LogP contribution in [0.4, 0.5) is 26.3 Å². The first-order valence-electron chi connectivity index (χ1n) is 12.3. The Bertz CT molecular complexity index is 1800. The van der Waals surface area contributed by atoms with E-state index < -0.39 is 40.8 Å². The van der Waals surface area contributed by atoms with Crippen LogP contribution in [0.25, 0.3) is 21.9 Å². The van der Waals surface area contributed by atoms with Crippen LogP contribution in [0.5, 0.6) is 5.75 Å². The van der Waals surface area contributed by atoms with Crippen molar-refractivity contribution in [2.24, 2.45) is 5.41 Å². The number of esters is 2. The Labute approximate surface area is 234 Å². The Kier molecular flexibility index (Phi) is 6.88. The number of alkyl halides is 6. The fourth-order valence-electron chi connectivity index (χ4n) is 5.27. The van der Waals surface area contributed by atoms with E-state index in [1.807, 2.05) is 0 Å². The van der Waals surface area contributed by atoms with Crippen LogP contribution in [-0.2, 0) is 44.3 Å². The van der Waals surface area contributed by atoms with Gasteiger partial charge < -0.3 is 18.6 Å². The second-order valence-corrected chi connectivity index (χ2v) is 9.65. The highest BCUT2D eigenvalue weighted by molar-refractivity contribution is 6.10. The average molecular weight is 590 g/mol. The number of methoxy groups -OCH3 is 3. The first-order chi connectivity index (χ1) is 19.7.